The second-order valence-corrected chi connectivity index (χ2v) is 7.40. The Hall–Kier alpha value is -1.85. The number of esters is 1. The SMILES string of the molecule is COC(=O)CC(NC(=O)OCc1ccccc1)P(C)(=O)OC. The first-order chi connectivity index (χ1) is 10.4. The predicted molar refractivity (Wildman–Crippen MR) is 80.7 cm³/mol. The Balaban J connectivity index is 2.62. The summed E-state index contributed by atoms with van der Waals surface area (Å²) in [5.41, 5.74) is 0.814. The molecule has 1 rings (SSSR count). The van der Waals surface area contributed by atoms with Crippen LogP contribution in [0.25, 0.3) is 0 Å². The van der Waals surface area contributed by atoms with E-state index in [2.05, 4.69) is 10.1 Å². The highest BCUT2D eigenvalue weighted by Crippen LogP contribution is 2.47. The van der Waals surface area contributed by atoms with Crippen molar-refractivity contribution in [3.05, 3.63) is 35.9 Å². The third kappa shape index (κ3) is 5.87. The zero-order chi connectivity index (χ0) is 16.6. The number of methoxy groups -OCH3 is 1. The van der Waals surface area contributed by atoms with E-state index in [1.54, 1.807) is 12.1 Å². The van der Waals surface area contributed by atoms with Crippen LogP contribution in [0.4, 0.5) is 4.79 Å². The van der Waals surface area contributed by atoms with Gasteiger partial charge in [0, 0.05) is 13.8 Å². The summed E-state index contributed by atoms with van der Waals surface area (Å²) >= 11 is 0. The highest BCUT2D eigenvalue weighted by molar-refractivity contribution is 7.58. The first-order valence-electron chi connectivity index (χ1n) is 6.56. The van der Waals surface area contributed by atoms with Gasteiger partial charge in [0.05, 0.1) is 13.5 Å². The van der Waals surface area contributed by atoms with Crippen LogP contribution in [-0.2, 0) is 30.0 Å². The van der Waals surface area contributed by atoms with Crippen molar-refractivity contribution in [2.45, 2.75) is 18.8 Å². The van der Waals surface area contributed by atoms with Gasteiger partial charge >= 0.3 is 12.1 Å². The molecule has 0 bridgehead atoms. The lowest BCUT2D eigenvalue weighted by Crippen LogP contribution is -2.37. The van der Waals surface area contributed by atoms with E-state index >= 15 is 0 Å². The lowest BCUT2D eigenvalue weighted by atomic mass is 10.2. The fraction of sp³-hybridized carbons (Fsp3) is 0.429. The maximum Gasteiger partial charge on any atom is 0.408 e. The number of ether oxygens (including phenoxy) is 2. The van der Waals surface area contributed by atoms with Crippen molar-refractivity contribution in [3.8, 4) is 0 Å². The summed E-state index contributed by atoms with van der Waals surface area (Å²) in [6.07, 6.45) is -1.05. The zero-order valence-electron chi connectivity index (χ0n) is 12.8. The molecule has 22 heavy (non-hydrogen) atoms. The van der Waals surface area contributed by atoms with Crippen LogP contribution >= 0.6 is 7.37 Å². The van der Waals surface area contributed by atoms with Crippen LogP contribution in [0.2, 0.25) is 0 Å². The Morgan fingerprint density at radius 1 is 1.23 bits per heavy atom. The lowest BCUT2D eigenvalue weighted by molar-refractivity contribution is -0.140. The predicted octanol–water partition coefficient (Wildman–Crippen LogP) is 2.36. The molecule has 0 aliphatic rings. The lowest BCUT2D eigenvalue weighted by Gasteiger charge is -2.22. The van der Waals surface area contributed by atoms with Crippen LogP contribution in [0.15, 0.2) is 30.3 Å². The third-order valence-corrected chi connectivity index (χ3v) is 5.18. The summed E-state index contributed by atoms with van der Waals surface area (Å²) in [5.74, 6) is -1.61. The smallest absolute Gasteiger partial charge is 0.408 e. The maximum atomic E-state index is 12.2. The highest BCUT2D eigenvalue weighted by atomic mass is 31.2. The molecule has 1 amide bonds. The van der Waals surface area contributed by atoms with Gasteiger partial charge in [0.2, 0.25) is 7.37 Å². The summed E-state index contributed by atoms with van der Waals surface area (Å²) in [6.45, 7) is 1.40. The number of benzene rings is 1. The molecule has 0 radical (unpaired) electrons. The Bertz CT molecular complexity index is 548. The molecule has 0 aliphatic carbocycles. The minimum atomic E-state index is -3.21. The molecule has 0 heterocycles. The van der Waals surface area contributed by atoms with Crippen molar-refractivity contribution in [2.24, 2.45) is 0 Å². The van der Waals surface area contributed by atoms with Crippen LogP contribution in [0.1, 0.15) is 12.0 Å². The van der Waals surface area contributed by atoms with E-state index in [4.69, 9.17) is 9.26 Å². The van der Waals surface area contributed by atoms with Crippen LogP contribution in [0, 0.1) is 0 Å². The van der Waals surface area contributed by atoms with Gasteiger partial charge in [-0.2, -0.15) is 0 Å². The van der Waals surface area contributed by atoms with E-state index in [9.17, 15) is 14.2 Å². The summed E-state index contributed by atoms with van der Waals surface area (Å²) in [4.78, 5) is 23.2. The normalized spacial score (nSPS) is 14.5. The molecular formula is C14H20NO6P. The Kier molecular flexibility index (Phi) is 7.08. The van der Waals surface area contributed by atoms with Crippen molar-refractivity contribution in [3.63, 3.8) is 0 Å². The van der Waals surface area contributed by atoms with Gasteiger partial charge in [-0.15, -0.1) is 0 Å². The quantitative estimate of drug-likeness (QED) is 0.610. The molecule has 7 nitrogen and oxygen atoms in total. The van der Waals surface area contributed by atoms with E-state index in [-0.39, 0.29) is 13.0 Å². The molecule has 0 saturated heterocycles. The zero-order valence-corrected chi connectivity index (χ0v) is 13.7. The van der Waals surface area contributed by atoms with Crippen molar-refractivity contribution in [1.82, 2.24) is 5.32 Å². The number of nitrogens with one attached hydrogen (secondary N) is 1. The molecule has 0 fully saturated rings. The van der Waals surface area contributed by atoms with Crippen LogP contribution in [-0.4, -0.2) is 38.7 Å². The number of hydrogen-bond donors (Lipinski definition) is 1. The molecule has 0 saturated carbocycles. The fourth-order valence-corrected chi connectivity index (χ4v) is 2.68. The molecule has 122 valence electrons. The monoisotopic (exact) mass is 329 g/mol. The Morgan fingerprint density at radius 3 is 2.41 bits per heavy atom. The molecule has 0 aromatic heterocycles. The van der Waals surface area contributed by atoms with Gasteiger partial charge in [0.25, 0.3) is 0 Å². The number of amides is 1. The van der Waals surface area contributed by atoms with Crippen molar-refractivity contribution < 1.29 is 28.2 Å². The Morgan fingerprint density at radius 2 is 1.86 bits per heavy atom. The summed E-state index contributed by atoms with van der Waals surface area (Å²) < 4.78 is 26.7. The molecule has 1 aromatic carbocycles. The topological polar surface area (TPSA) is 90.9 Å². The van der Waals surface area contributed by atoms with Gasteiger partial charge in [-0.25, -0.2) is 4.79 Å². The first-order valence-corrected chi connectivity index (χ1v) is 8.70. The molecule has 1 N–H and O–H groups in total. The number of alkyl carbamates (subject to hydrolysis) is 1. The van der Waals surface area contributed by atoms with E-state index in [1.165, 1.54) is 20.9 Å². The molecule has 0 spiro atoms. The summed E-state index contributed by atoms with van der Waals surface area (Å²) in [7, 11) is -0.752. The number of hydrogen-bond acceptors (Lipinski definition) is 6. The molecule has 2 unspecified atom stereocenters. The van der Waals surface area contributed by atoms with Crippen molar-refractivity contribution in [1.29, 1.82) is 0 Å². The minimum absolute atomic E-state index is 0.0681. The van der Waals surface area contributed by atoms with Crippen LogP contribution in [0.3, 0.4) is 0 Å². The maximum absolute atomic E-state index is 12.2. The van der Waals surface area contributed by atoms with E-state index in [0.29, 0.717) is 0 Å². The van der Waals surface area contributed by atoms with Gasteiger partial charge in [0.1, 0.15) is 12.4 Å². The van der Waals surface area contributed by atoms with E-state index < -0.39 is 25.2 Å². The van der Waals surface area contributed by atoms with Gasteiger partial charge in [-0.1, -0.05) is 30.3 Å². The van der Waals surface area contributed by atoms with Gasteiger partial charge < -0.3 is 19.3 Å². The van der Waals surface area contributed by atoms with Crippen LogP contribution in [0.5, 0.6) is 0 Å². The average Bonchev–Trinajstić information content (AvgIpc) is 2.53. The molecule has 8 heteroatoms. The Labute approximate surface area is 129 Å². The van der Waals surface area contributed by atoms with Crippen molar-refractivity contribution >= 4 is 19.4 Å². The highest BCUT2D eigenvalue weighted by Gasteiger charge is 2.32. The molecular weight excluding hydrogens is 309 g/mol. The molecule has 2 atom stereocenters. The summed E-state index contributed by atoms with van der Waals surface area (Å²) in [6, 6.07) is 9.10. The van der Waals surface area contributed by atoms with Gasteiger partial charge in [-0.3, -0.25) is 9.36 Å². The molecule has 0 aliphatic heterocycles. The minimum Gasteiger partial charge on any atom is -0.469 e. The second-order valence-electron chi connectivity index (χ2n) is 4.59. The second kappa shape index (κ2) is 8.56. The number of carbonyl (C=O) groups is 2. The first kappa shape index (κ1) is 18.2. The van der Waals surface area contributed by atoms with E-state index in [1.807, 2.05) is 18.2 Å². The summed E-state index contributed by atoms with van der Waals surface area (Å²) in [5, 5.41) is 2.39. The van der Waals surface area contributed by atoms with E-state index in [0.717, 1.165) is 5.56 Å². The number of rotatable bonds is 7. The third-order valence-electron chi connectivity index (χ3n) is 3.01. The van der Waals surface area contributed by atoms with Crippen LogP contribution < -0.4 is 5.32 Å². The number of carbonyl (C=O) groups excluding carboxylic acids is 2. The van der Waals surface area contributed by atoms with Crippen molar-refractivity contribution in [2.75, 3.05) is 20.9 Å². The largest absolute Gasteiger partial charge is 0.469 e. The average molecular weight is 329 g/mol. The molecule has 1 aromatic rings. The van der Waals surface area contributed by atoms with Gasteiger partial charge in [-0.05, 0) is 5.56 Å². The van der Waals surface area contributed by atoms with Gasteiger partial charge in [0.15, 0.2) is 0 Å². The standard InChI is InChI=1S/C14H20NO6P/c1-19-13(16)9-12(22(3,18)20-2)15-14(17)21-10-11-7-5-4-6-8-11/h4-8,12H,9-10H2,1-3H3,(H,15,17). The fourth-order valence-electron chi connectivity index (χ4n) is 1.60.